The summed E-state index contributed by atoms with van der Waals surface area (Å²) in [6.07, 6.45) is 6.30. The van der Waals surface area contributed by atoms with Crippen LogP contribution in [0.2, 0.25) is 0 Å². The topological polar surface area (TPSA) is 34.9 Å². The lowest BCUT2D eigenvalue weighted by Gasteiger charge is -2.07. The van der Waals surface area contributed by atoms with Gasteiger partial charge in [0, 0.05) is 17.5 Å². The lowest BCUT2D eigenvalue weighted by atomic mass is 10.0. The number of hydrogen-bond acceptors (Lipinski definition) is 3. The van der Waals surface area contributed by atoms with E-state index in [-0.39, 0.29) is 5.56 Å². The van der Waals surface area contributed by atoms with Crippen molar-refractivity contribution in [2.24, 2.45) is 0 Å². The van der Waals surface area contributed by atoms with Crippen LogP contribution >= 0.6 is 11.3 Å². The number of aryl methyl sites for hydroxylation is 1. The van der Waals surface area contributed by atoms with Gasteiger partial charge in [0.2, 0.25) is 0 Å². The molecule has 0 bridgehead atoms. The average molecular weight is 362 g/mol. The van der Waals surface area contributed by atoms with Gasteiger partial charge in [0.1, 0.15) is 4.83 Å². The first-order valence-corrected chi connectivity index (χ1v) is 10.1. The third-order valence-electron chi connectivity index (χ3n) is 4.87. The van der Waals surface area contributed by atoms with Crippen LogP contribution < -0.4 is 5.56 Å². The Hall–Kier alpha value is -2.46. The predicted octanol–water partition coefficient (Wildman–Crippen LogP) is 5.86. The molecule has 0 atom stereocenters. The molecular formula is C22H22N2OS. The van der Waals surface area contributed by atoms with Crippen LogP contribution in [0.3, 0.4) is 0 Å². The molecule has 0 fully saturated rings. The molecule has 0 saturated heterocycles. The van der Waals surface area contributed by atoms with E-state index in [0.717, 1.165) is 40.7 Å². The number of hydrogen-bond donors (Lipinski definition) is 0. The summed E-state index contributed by atoms with van der Waals surface area (Å²) in [7, 11) is 0. The lowest BCUT2D eigenvalue weighted by molar-refractivity contribution is 0.568. The van der Waals surface area contributed by atoms with Crippen molar-refractivity contribution in [1.82, 2.24) is 9.55 Å². The van der Waals surface area contributed by atoms with E-state index >= 15 is 0 Å². The maximum absolute atomic E-state index is 13.0. The fourth-order valence-electron chi connectivity index (χ4n) is 3.41. The van der Waals surface area contributed by atoms with E-state index in [0.29, 0.717) is 0 Å². The summed E-state index contributed by atoms with van der Waals surface area (Å²) in [5, 5.41) is 5.21. The molecule has 0 saturated carbocycles. The largest absolute Gasteiger partial charge is 0.299 e. The van der Waals surface area contributed by atoms with E-state index in [2.05, 4.69) is 47.6 Å². The van der Waals surface area contributed by atoms with Crippen LogP contribution in [0.5, 0.6) is 0 Å². The Bertz CT molecular complexity index is 1110. The van der Waals surface area contributed by atoms with Gasteiger partial charge in [-0.05, 0) is 28.8 Å². The molecule has 2 aromatic carbocycles. The van der Waals surface area contributed by atoms with Crippen molar-refractivity contribution in [1.29, 1.82) is 0 Å². The molecule has 132 valence electrons. The van der Waals surface area contributed by atoms with E-state index in [9.17, 15) is 4.79 Å². The van der Waals surface area contributed by atoms with Gasteiger partial charge in [-0.1, -0.05) is 62.6 Å². The summed E-state index contributed by atoms with van der Waals surface area (Å²) in [6, 6.07) is 14.7. The van der Waals surface area contributed by atoms with Gasteiger partial charge >= 0.3 is 0 Å². The normalized spacial score (nSPS) is 11.4. The van der Waals surface area contributed by atoms with Crippen LogP contribution in [0.1, 0.15) is 32.6 Å². The Morgan fingerprint density at radius 3 is 2.73 bits per heavy atom. The number of benzene rings is 2. The first kappa shape index (κ1) is 17.0. The fraction of sp³-hybridized carbons (Fsp3) is 0.273. The smallest absolute Gasteiger partial charge is 0.262 e. The van der Waals surface area contributed by atoms with E-state index in [4.69, 9.17) is 0 Å². The van der Waals surface area contributed by atoms with E-state index in [1.54, 1.807) is 22.2 Å². The Labute approximate surface area is 156 Å². The second kappa shape index (κ2) is 7.42. The van der Waals surface area contributed by atoms with E-state index < -0.39 is 0 Å². The summed E-state index contributed by atoms with van der Waals surface area (Å²) in [6.45, 7) is 2.94. The zero-order valence-electron chi connectivity index (χ0n) is 14.9. The number of fused-ring (bicyclic) bond motifs is 2. The van der Waals surface area contributed by atoms with Gasteiger partial charge in [0.05, 0.1) is 11.7 Å². The maximum Gasteiger partial charge on any atom is 0.262 e. The van der Waals surface area contributed by atoms with Gasteiger partial charge in [-0.15, -0.1) is 11.3 Å². The second-order valence-corrected chi connectivity index (χ2v) is 7.55. The first-order valence-electron chi connectivity index (χ1n) is 9.23. The molecule has 0 aliphatic carbocycles. The quantitative estimate of drug-likeness (QED) is 0.403. The summed E-state index contributed by atoms with van der Waals surface area (Å²) in [5.74, 6) is 0. The minimum Gasteiger partial charge on any atom is -0.299 e. The van der Waals surface area contributed by atoms with Crippen LogP contribution in [0.25, 0.3) is 32.1 Å². The standard InChI is InChI=1S/C22H22N2OS/c1-2-3-4-7-12-24-15-23-21-20(22(24)25)19(14-26-21)18-11-10-16-8-5-6-9-17(16)13-18/h5-6,8-11,13-15H,2-4,7,12H2,1H3. The van der Waals surface area contributed by atoms with Crippen molar-refractivity contribution < 1.29 is 0 Å². The molecule has 0 aliphatic rings. The molecule has 0 radical (unpaired) electrons. The third-order valence-corrected chi connectivity index (χ3v) is 5.76. The molecule has 0 amide bonds. The number of thiophene rings is 1. The van der Waals surface area contributed by atoms with Crippen LogP contribution in [-0.2, 0) is 6.54 Å². The second-order valence-electron chi connectivity index (χ2n) is 6.70. The van der Waals surface area contributed by atoms with E-state index in [1.807, 2.05) is 12.1 Å². The zero-order chi connectivity index (χ0) is 17.9. The van der Waals surface area contributed by atoms with Gasteiger partial charge in [-0.3, -0.25) is 9.36 Å². The highest BCUT2D eigenvalue weighted by Crippen LogP contribution is 2.32. The van der Waals surface area contributed by atoms with Gasteiger partial charge in [-0.25, -0.2) is 4.98 Å². The van der Waals surface area contributed by atoms with Crippen LogP contribution in [-0.4, -0.2) is 9.55 Å². The number of aromatic nitrogens is 2. The molecule has 0 spiro atoms. The van der Waals surface area contributed by atoms with Crippen molar-refractivity contribution in [3.8, 4) is 11.1 Å². The summed E-state index contributed by atoms with van der Waals surface area (Å²) in [5.41, 5.74) is 2.16. The SMILES string of the molecule is CCCCCCn1cnc2scc(-c3ccc4ccccc4c3)c2c1=O. The molecule has 26 heavy (non-hydrogen) atoms. The fourth-order valence-corrected chi connectivity index (χ4v) is 4.31. The van der Waals surface area contributed by atoms with Crippen molar-refractivity contribution in [2.45, 2.75) is 39.2 Å². The highest BCUT2D eigenvalue weighted by Gasteiger charge is 2.13. The predicted molar refractivity (Wildman–Crippen MR) is 111 cm³/mol. The molecule has 4 rings (SSSR count). The number of rotatable bonds is 6. The molecule has 4 aromatic rings. The molecule has 4 heteroatoms. The minimum atomic E-state index is 0.0795. The van der Waals surface area contributed by atoms with Crippen LogP contribution in [0, 0.1) is 0 Å². The highest BCUT2D eigenvalue weighted by molar-refractivity contribution is 7.17. The molecule has 2 heterocycles. The highest BCUT2D eigenvalue weighted by atomic mass is 32.1. The van der Waals surface area contributed by atoms with Crippen molar-refractivity contribution in [3.05, 3.63) is 64.5 Å². The van der Waals surface area contributed by atoms with Crippen molar-refractivity contribution >= 4 is 32.3 Å². The van der Waals surface area contributed by atoms with E-state index in [1.165, 1.54) is 23.6 Å². The molecule has 2 aromatic heterocycles. The Balaban J connectivity index is 1.76. The van der Waals surface area contributed by atoms with Crippen LogP contribution in [0.15, 0.2) is 59.0 Å². The maximum atomic E-state index is 13.0. The first-order chi connectivity index (χ1) is 12.8. The molecule has 0 N–H and O–H groups in total. The van der Waals surface area contributed by atoms with Crippen molar-refractivity contribution in [2.75, 3.05) is 0 Å². The van der Waals surface area contributed by atoms with Gasteiger partial charge in [0.25, 0.3) is 5.56 Å². The van der Waals surface area contributed by atoms with Crippen molar-refractivity contribution in [3.63, 3.8) is 0 Å². The van der Waals surface area contributed by atoms with Gasteiger partial charge in [-0.2, -0.15) is 0 Å². The Morgan fingerprint density at radius 1 is 1.04 bits per heavy atom. The van der Waals surface area contributed by atoms with Crippen LogP contribution in [0.4, 0.5) is 0 Å². The zero-order valence-corrected chi connectivity index (χ0v) is 15.8. The Morgan fingerprint density at radius 2 is 1.88 bits per heavy atom. The Kier molecular flexibility index (Phi) is 4.85. The molecule has 0 aliphatic heterocycles. The monoisotopic (exact) mass is 362 g/mol. The summed E-state index contributed by atoms with van der Waals surface area (Å²) >= 11 is 1.54. The summed E-state index contributed by atoms with van der Waals surface area (Å²) in [4.78, 5) is 18.4. The van der Waals surface area contributed by atoms with Gasteiger partial charge in [0.15, 0.2) is 0 Å². The number of unbranched alkanes of at least 4 members (excludes halogenated alkanes) is 3. The number of nitrogens with zero attached hydrogens (tertiary/aromatic N) is 2. The van der Waals surface area contributed by atoms with Gasteiger partial charge < -0.3 is 0 Å². The minimum absolute atomic E-state index is 0.0795. The molecular weight excluding hydrogens is 340 g/mol. The average Bonchev–Trinajstić information content (AvgIpc) is 3.11. The summed E-state index contributed by atoms with van der Waals surface area (Å²) < 4.78 is 1.77. The third kappa shape index (κ3) is 3.17. The molecule has 0 unspecified atom stereocenters. The molecule has 3 nitrogen and oxygen atoms in total. The lowest BCUT2D eigenvalue weighted by Crippen LogP contribution is -2.20.